The molecule has 0 aliphatic carbocycles. The zero-order chi connectivity index (χ0) is 14.3. The first-order valence-electron chi connectivity index (χ1n) is 6.40. The summed E-state index contributed by atoms with van der Waals surface area (Å²) in [5.41, 5.74) is 0. The van der Waals surface area contributed by atoms with Crippen LogP contribution in [0.1, 0.15) is 47.0 Å². The van der Waals surface area contributed by atoms with E-state index in [0.717, 1.165) is 12.8 Å². The first kappa shape index (κ1) is 17.6. The Hall–Kier alpha value is -0.440. The van der Waals surface area contributed by atoms with Gasteiger partial charge in [-0.25, -0.2) is 0 Å². The van der Waals surface area contributed by atoms with Gasteiger partial charge in [-0.15, -0.1) is 0 Å². The molecule has 18 heavy (non-hydrogen) atoms. The molecule has 0 aliphatic heterocycles. The molecule has 0 aromatic carbocycles. The van der Waals surface area contributed by atoms with Gasteiger partial charge in [-0.05, 0) is 30.6 Å². The van der Waals surface area contributed by atoms with E-state index in [-0.39, 0.29) is 11.8 Å². The molecule has 0 saturated carbocycles. The van der Waals surface area contributed by atoms with Crippen LogP contribution in [0.5, 0.6) is 0 Å². The molecule has 0 rings (SSSR count). The fourth-order valence-corrected chi connectivity index (χ4v) is 2.87. The third kappa shape index (κ3) is 5.94. The Morgan fingerprint density at radius 3 is 1.83 bits per heavy atom. The number of nitriles is 2. The standard InChI is InChI=1S/C14H22Cl2N2/c1-10(2)7-12(5-6-17)13(8-11(3)4)14(15,16)9-18/h10-13H,5,7-8H2,1-4H3. The van der Waals surface area contributed by atoms with Gasteiger partial charge < -0.3 is 0 Å². The Morgan fingerprint density at radius 1 is 1.00 bits per heavy atom. The minimum Gasteiger partial charge on any atom is -0.198 e. The van der Waals surface area contributed by atoms with E-state index < -0.39 is 4.33 Å². The first-order valence-corrected chi connectivity index (χ1v) is 7.16. The molecule has 0 radical (unpaired) electrons. The molecule has 0 aromatic rings. The highest BCUT2D eigenvalue weighted by Crippen LogP contribution is 2.42. The monoisotopic (exact) mass is 288 g/mol. The summed E-state index contributed by atoms with van der Waals surface area (Å²) in [6.07, 6.45) is 2.03. The summed E-state index contributed by atoms with van der Waals surface area (Å²) in [5.74, 6) is 0.773. The summed E-state index contributed by atoms with van der Waals surface area (Å²) in [4.78, 5) is 0. The van der Waals surface area contributed by atoms with Gasteiger partial charge in [0.2, 0.25) is 4.33 Å². The van der Waals surface area contributed by atoms with Crippen LogP contribution in [-0.2, 0) is 0 Å². The van der Waals surface area contributed by atoms with E-state index in [1.54, 1.807) is 0 Å². The second-order valence-electron chi connectivity index (χ2n) is 5.72. The summed E-state index contributed by atoms with van der Waals surface area (Å²) in [6, 6.07) is 4.18. The van der Waals surface area contributed by atoms with Crippen LogP contribution in [-0.4, -0.2) is 4.33 Å². The van der Waals surface area contributed by atoms with Crippen LogP contribution in [0.25, 0.3) is 0 Å². The van der Waals surface area contributed by atoms with Crippen LogP contribution in [0.15, 0.2) is 0 Å². The summed E-state index contributed by atoms with van der Waals surface area (Å²) in [7, 11) is 0. The van der Waals surface area contributed by atoms with Gasteiger partial charge in [-0.3, -0.25) is 0 Å². The molecule has 0 aliphatic rings. The Balaban J connectivity index is 5.11. The minimum absolute atomic E-state index is 0.0760. The molecule has 0 saturated heterocycles. The molecule has 4 heteroatoms. The van der Waals surface area contributed by atoms with Crippen LogP contribution in [0.2, 0.25) is 0 Å². The SMILES string of the molecule is CC(C)CC(CC#N)C(CC(C)C)C(Cl)(Cl)C#N. The predicted octanol–water partition coefficient (Wildman–Crippen LogP) is 4.92. The number of hydrogen-bond donors (Lipinski definition) is 0. The van der Waals surface area contributed by atoms with E-state index >= 15 is 0 Å². The van der Waals surface area contributed by atoms with Crippen molar-refractivity contribution in [3.05, 3.63) is 0 Å². The maximum Gasteiger partial charge on any atom is 0.206 e. The van der Waals surface area contributed by atoms with Gasteiger partial charge in [-0.1, -0.05) is 50.9 Å². The van der Waals surface area contributed by atoms with Crippen LogP contribution in [0, 0.1) is 46.3 Å². The van der Waals surface area contributed by atoms with Gasteiger partial charge >= 0.3 is 0 Å². The van der Waals surface area contributed by atoms with Crippen LogP contribution < -0.4 is 0 Å². The second-order valence-corrected chi connectivity index (χ2v) is 7.11. The molecular formula is C14H22Cl2N2. The van der Waals surface area contributed by atoms with E-state index in [1.165, 1.54) is 0 Å². The average molecular weight is 289 g/mol. The van der Waals surface area contributed by atoms with Crippen LogP contribution in [0.4, 0.5) is 0 Å². The number of alkyl halides is 2. The number of nitrogens with zero attached hydrogens (tertiary/aromatic N) is 2. The zero-order valence-corrected chi connectivity index (χ0v) is 13.1. The van der Waals surface area contributed by atoms with Crippen molar-refractivity contribution in [1.82, 2.24) is 0 Å². The lowest BCUT2D eigenvalue weighted by molar-refractivity contribution is 0.242. The molecule has 2 unspecified atom stereocenters. The quantitative estimate of drug-likeness (QED) is 0.624. The smallest absolute Gasteiger partial charge is 0.198 e. The molecule has 2 nitrogen and oxygen atoms in total. The van der Waals surface area contributed by atoms with E-state index in [4.69, 9.17) is 33.7 Å². The van der Waals surface area contributed by atoms with Gasteiger partial charge in [0.15, 0.2) is 0 Å². The van der Waals surface area contributed by atoms with Gasteiger partial charge in [0.1, 0.15) is 6.07 Å². The van der Waals surface area contributed by atoms with E-state index in [2.05, 4.69) is 33.8 Å². The number of hydrogen-bond acceptors (Lipinski definition) is 2. The van der Waals surface area contributed by atoms with Crippen molar-refractivity contribution in [2.45, 2.75) is 51.3 Å². The van der Waals surface area contributed by atoms with E-state index in [1.807, 2.05) is 6.07 Å². The van der Waals surface area contributed by atoms with Gasteiger partial charge in [-0.2, -0.15) is 10.5 Å². The van der Waals surface area contributed by atoms with Crippen molar-refractivity contribution in [2.24, 2.45) is 23.7 Å². The lowest BCUT2D eigenvalue weighted by Crippen LogP contribution is -2.33. The first-order chi connectivity index (χ1) is 8.24. The maximum absolute atomic E-state index is 9.13. The Kier molecular flexibility index (Phi) is 7.69. The Labute approximate surface area is 121 Å². The molecule has 0 spiro atoms. The van der Waals surface area contributed by atoms with Crippen molar-refractivity contribution >= 4 is 23.2 Å². The summed E-state index contributed by atoms with van der Waals surface area (Å²) in [6.45, 7) is 8.36. The molecular weight excluding hydrogens is 267 g/mol. The largest absolute Gasteiger partial charge is 0.206 e. The summed E-state index contributed by atoms with van der Waals surface area (Å²) in [5, 5.41) is 18.1. The van der Waals surface area contributed by atoms with Crippen molar-refractivity contribution in [3.63, 3.8) is 0 Å². The van der Waals surface area contributed by atoms with Gasteiger partial charge in [0.05, 0.1) is 6.07 Å². The minimum atomic E-state index is -1.40. The maximum atomic E-state index is 9.13. The third-order valence-corrected chi connectivity index (χ3v) is 3.77. The Bertz CT molecular complexity index is 324. The predicted molar refractivity (Wildman–Crippen MR) is 76.2 cm³/mol. The second kappa shape index (κ2) is 7.88. The molecule has 0 bridgehead atoms. The molecule has 0 heterocycles. The van der Waals surface area contributed by atoms with Crippen LogP contribution in [0.3, 0.4) is 0 Å². The number of rotatable bonds is 7. The lowest BCUT2D eigenvalue weighted by Gasteiger charge is -2.33. The molecule has 2 atom stereocenters. The molecule has 0 fully saturated rings. The average Bonchev–Trinajstić information content (AvgIpc) is 2.24. The molecule has 102 valence electrons. The van der Waals surface area contributed by atoms with Crippen molar-refractivity contribution in [3.8, 4) is 12.1 Å². The topological polar surface area (TPSA) is 47.6 Å². The third-order valence-electron chi connectivity index (χ3n) is 3.04. The van der Waals surface area contributed by atoms with E-state index in [9.17, 15) is 0 Å². The van der Waals surface area contributed by atoms with Crippen molar-refractivity contribution in [1.29, 1.82) is 10.5 Å². The normalized spacial score (nSPS) is 15.2. The fraction of sp³-hybridized carbons (Fsp3) is 0.857. The van der Waals surface area contributed by atoms with E-state index in [0.29, 0.717) is 18.3 Å². The summed E-state index contributed by atoms with van der Waals surface area (Å²) < 4.78 is -1.40. The van der Waals surface area contributed by atoms with Gasteiger partial charge in [0.25, 0.3) is 0 Å². The Morgan fingerprint density at radius 2 is 1.50 bits per heavy atom. The number of halogens is 2. The fourth-order valence-electron chi connectivity index (χ4n) is 2.34. The molecule has 0 aromatic heterocycles. The highest BCUT2D eigenvalue weighted by Gasteiger charge is 2.40. The lowest BCUT2D eigenvalue weighted by atomic mass is 9.77. The molecule has 0 N–H and O–H groups in total. The highest BCUT2D eigenvalue weighted by atomic mass is 35.5. The van der Waals surface area contributed by atoms with Crippen molar-refractivity contribution in [2.75, 3.05) is 0 Å². The van der Waals surface area contributed by atoms with Crippen molar-refractivity contribution < 1.29 is 0 Å². The zero-order valence-electron chi connectivity index (χ0n) is 11.6. The highest BCUT2D eigenvalue weighted by molar-refractivity contribution is 6.50. The summed E-state index contributed by atoms with van der Waals surface area (Å²) >= 11 is 12.3. The molecule has 0 amide bonds. The van der Waals surface area contributed by atoms with Gasteiger partial charge in [0, 0.05) is 12.3 Å². The van der Waals surface area contributed by atoms with Crippen LogP contribution >= 0.6 is 23.2 Å².